The van der Waals surface area contributed by atoms with Crippen LogP contribution >= 0.6 is 24.3 Å². The van der Waals surface area contributed by atoms with Crippen LogP contribution in [-0.2, 0) is 5.66 Å². The first-order valence-electron chi connectivity index (χ1n) is 7.15. The Morgan fingerprint density at radius 1 is 1.24 bits per heavy atom. The third-order valence-corrected chi connectivity index (χ3v) is 4.72. The Hall–Kier alpha value is -1.09. The monoisotopic (exact) mass is 443 g/mol. The minimum atomic E-state index is -3.83. The zero-order chi connectivity index (χ0) is 18.8. The molecule has 0 atom stereocenters. The van der Waals surface area contributed by atoms with Gasteiger partial charge in [-0.05, 0) is 25.5 Å². The van der Waals surface area contributed by atoms with Gasteiger partial charge in [-0.2, -0.15) is 8.78 Å². The number of fused-ring (bicyclic) bond motifs is 1. The number of rotatable bonds is 7. The Balaban J connectivity index is 2.22. The lowest BCUT2D eigenvalue weighted by molar-refractivity contribution is 0.0119. The minimum absolute atomic E-state index is 0.00455. The highest BCUT2D eigenvalue weighted by Crippen LogP contribution is 2.54. The minimum Gasteiger partial charge on any atom is -0.354 e. The fraction of sp³-hybridized carbons (Fsp3) is 0.429. The molecule has 2 rings (SSSR count). The van der Waals surface area contributed by atoms with Crippen LogP contribution in [0.15, 0.2) is 22.8 Å². The second-order valence-corrected chi connectivity index (χ2v) is 7.51. The lowest BCUT2D eigenvalue weighted by Crippen LogP contribution is -2.13. The Kier molecular flexibility index (Phi) is 6.19. The number of benzene rings is 1. The van der Waals surface area contributed by atoms with Crippen LogP contribution in [0.4, 0.5) is 23.5 Å². The summed E-state index contributed by atoms with van der Waals surface area (Å²) in [4.78, 5) is 25.9. The number of hydrogen-bond donors (Lipinski definition) is 3. The molecule has 0 amide bonds. The van der Waals surface area contributed by atoms with E-state index in [1.807, 2.05) is 0 Å². The van der Waals surface area contributed by atoms with Gasteiger partial charge in [-0.1, -0.05) is 15.9 Å². The van der Waals surface area contributed by atoms with Crippen LogP contribution in [0.2, 0.25) is 0 Å². The molecule has 0 spiro atoms. The first-order chi connectivity index (χ1) is 11.5. The molecule has 0 fully saturated rings. The largest absolute Gasteiger partial charge is 0.354 e. The summed E-state index contributed by atoms with van der Waals surface area (Å²) in [5, 5.41) is 3.21. The van der Waals surface area contributed by atoms with Gasteiger partial charge < -0.3 is 15.1 Å². The average Bonchev–Trinajstić information content (AvgIpc) is 2.49. The fourth-order valence-corrected chi connectivity index (χ4v) is 3.24. The van der Waals surface area contributed by atoms with E-state index in [4.69, 9.17) is 9.79 Å². The van der Waals surface area contributed by atoms with Gasteiger partial charge in [0.2, 0.25) is 20.2 Å². The molecule has 0 bridgehead atoms. The molecule has 2 aromatic rings. The average molecular weight is 444 g/mol. The first kappa shape index (κ1) is 20.2. The first-order valence-corrected chi connectivity index (χ1v) is 9.19. The molecule has 0 aliphatic rings. The van der Waals surface area contributed by atoms with Crippen LogP contribution in [0.25, 0.3) is 10.9 Å². The molecular weight excluding hydrogens is 429 g/mol. The summed E-state index contributed by atoms with van der Waals surface area (Å²) in [5.74, 6) is -2.65. The van der Waals surface area contributed by atoms with E-state index in [0.717, 1.165) is 13.0 Å². The van der Waals surface area contributed by atoms with Crippen LogP contribution < -0.4 is 5.32 Å². The third kappa shape index (κ3) is 5.20. The summed E-state index contributed by atoms with van der Waals surface area (Å²) in [5.41, 5.74) is -4.27. The van der Waals surface area contributed by atoms with Crippen molar-refractivity contribution in [3.05, 3.63) is 28.4 Å². The second-order valence-electron chi connectivity index (χ2n) is 5.52. The van der Waals surface area contributed by atoms with Crippen LogP contribution in [0.5, 0.6) is 0 Å². The standard InChI is InChI=1S/C14H15BrF4N3O2P/c1-13(16,17)3-2-4-20-12-21-7-8-5-10(15)9(6-11(8)22-12)14(18,19)25(23)24/h5-7,23-24H,2-4H2,1H3,(H,20,21,22). The van der Waals surface area contributed by atoms with Crippen molar-refractivity contribution in [2.45, 2.75) is 31.4 Å². The molecule has 0 aliphatic carbocycles. The van der Waals surface area contributed by atoms with Crippen molar-refractivity contribution in [3.8, 4) is 0 Å². The Morgan fingerprint density at radius 3 is 2.52 bits per heavy atom. The molecule has 3 N–H and O–H groups in total. The maximum absolute atomic E-state index is 13.9. The SMILES string of the molecule is CC(F)(F)CCCNc1ncc2cc(Br)c(C(F)(F)P(O)O)cc2n1. The summed E-state index contributed by atoms with van der Waals surface area (Å²) in [6.45, 7) is 1.03. The maximum atomic E-state index is 13.9. The van der Waals surface area contributed by atoms with E-state index in [1.54, 1.807) is 0 Å². The van der Waals surface area contributed by atoms with Crippen LogP contribution in [-0.4, -0.2) is 32.2 Å². The number of aromatic nitrogens is 2. The van der Waals surface area contributed by atoms with Crippen molar-refractivity contribution in [1.82, 2.24) is 9.97 Å². The van der Waals surface area contributed by atoms with E-state index >= 15 is 0 Å². The van der Waals surface area contributed by atoms with Crippen molar-refractivity contribution < 1.29 is 27.3 Å². The predicted molar refractivity (Wildman–Crippen MR) is 90.8 cm³/mol. The number of nitrogens with one attached hydrogen (secondary N) is 1. The molecule has 0 unspecified atom stereocenters. The molecule has 1 aromatic carbocycles. The Morgan fingerprint density at radius 2 is 1.92 bits per heavy atom. The summed E-state index contributed by atoms with van der Waals surface area (Å²) in [6, 6.07) is 2.38. The predicted octanol–water partition coefficient (Wildman–Crippen LogP) is 4.59. The van der Waals surface area contributed by atoms with E-state index < -0.39 is 25.5 Å². The van der Waals surface area contributed by atoms with E-state index in [0.29, 0.717) is 5.39 Å². The van der Waals surface area contributed by atoms with Gasteiger partial charge in [0.25, 0.3) is 0 Å². The summed E-state index contributed by atoms with van der Waals surface area (Å²) >= 11 is 2.98. The molecule has 138 valence electrons. The highest BCUT2D eigenvalue weighted by Gasteiger charge is 2.42. The van der Waals surface area contributed by atoms with Gasteiger partial charge in [0.1, 0.15) is 0 Å². The fourth-order valence-electron chi connectivity index (χ4n) is 2.07. The third-order valence-electron chi connectivity index (χ3n) is 3.32. The number of alkyl halides is 4. The van der Waals surface area contributed by atoms with E-state index in [9.17, 15) is 17.6 Å². The normalized spacial score (nSPS) is 12.8. The lowest BCUT2D eigenvalue weighted by Gasteiger charge is -2.19. The van der Waals surface area contributed by atoms with Crippen molar-refractivity contribution in [2.75, 3.05) is 11.9 Å². The number of hydrogen-bond acceptors (Lipinski definition) is 5. The highest BCUT2D eigenvalue weighted by molar-refractivity contribution is 9.10. The van der Waals surface area contributed by atoms with Gasteiger partial charge in [0.05, 0.1) is 5.52 Å². The van der Waals surface area contributed by atoms with E-state index in [2.05, 4.69) is 31.2 Å². The summed E-state index contributed by atoms with van der Waals surface area (Å²) < 4.78 is 53.3. The number of anilines is 1. The van der Waals surface area contributed by atoms with Crippen LogP contribution in [0, 0.1) is 0 Å². The number of nitrogens with zero attached hydrogens (tertiary/aromatic N) is 2. The van der Waals surface area contributed by atoms with Crippen LogP contribution in [0.3, 0.4) is 0 Å². The van der Waals surface area contributed by atoms with Gasteiger partial charge in [-0.25, -0.2) is 18.7 Å². The smallest absolute Gasteiger partial charge is 0.340 e. The zero-order valence-electron chi connectivity index (χ0n) is 13.0. The zero-order valence-corrected chi connectivity index (χ0v) is 15.5. The van der Waals surface area contributed by atoms with Gasteiger partial charge in [-0.3, -0.25) is 0 Å². The van der Waals surface area contributed by atoms with Gasteiger partial charge in [0.15, 0.2) is 0 Å². The quantitative estimate of drug-likeness (QED) is 0.331. The van der Waals surface area contributed by atoms with Crippen molar-refractivity contribution >= 4 is 41.2 Å². The van der Waals surface area contributed by atoms with Crippen molar-refractivity contribution in [3.63, 3.8) is 0 Å². The Bertz CT molecular complexity index is 759. The Labute approximate surface area is 150 Å². The summed E-state index contributed by atoms with van der Waals surface area (Å²) in [7, 11) is -3.52. The van der Waals surface area contributed by atoms with Gasteiger partial charge in [-0.15, -0.1) is 0 Å². The topological polar surface area (TPSA) is 78.3 Å². The lowest BCUT2D eigenvalue weighted by atomic mass is 10.1. The second kappa shape index (κ2) is 7.65. The number of halogens is 5. The molecule has 0 saturated carbocycles. The van der Waals surface area contributed by atoms with E-state index in [1.165, 1.54) is 12.3 Å². The molecular formula is C14H15BrF4N3O2P. The summed E-state index contributed by atoms with van der Waals surface area (Å²) in [6.07, 6.45) is 1.29. The molecule has 25 heavy (non-hydrogen) atoms. The molecule has 0 aliphatic heterocycles. The van der Waals surface area contributed by atoms with E-state index in [-0.39, 0.29) is 35.3 Å². The molecule has 1 heterocycles. The maximum Gasteiger partial charge on any atom is 0.340 e. The van der Waals surface area contributed by atoms with Gasteiger partial charge >= 0.3 is 5.66 Å². The molecule has 11 heteroatoms. The van der Waals surface area contributed by atoms with Crippen LogP contribution in [0.1, 0.15) is 25.3 Å². The van der Waals surface area contributed by atoms with Crippen molar-refractivity contribution in [2.24, 2.45) is 0 Å². The highest BCUT2D eigenvalue weighted by atomic mass is 79.9. The van der Waals surface area contributed by atoms with Crippen molar-refractivity contribution in [1.29, 1.82) is 0 Å². The molecule has 5 nitrogen and oxygen atoms in total. The molecule has 0 radical (unpaired) electrons. The molecule has 1 aromatic heterocycles. The molecule has 0 saturated heterocycles. The van der Waals surface area contributed by atoms with Gasteiger partial charge in [0, 0.05) is 34.6 Å².